The van der Waals surface area contributed by atoms with E-state index in [2.05, 4.69) is 21.4 Å². The summed E-state index contributed by atoms with van der Waals surface area (Å²) in [6, 6.07) is 15.5. The lowest BCUT2D eigenvalue weighted by Gasteiger charge is -2.12. The van der Waals surface area contributed by atoms with E-state index in [1.54, 1.807) is 24.3 Å². The molecule has 0 saturated carbocycles. The van der Waals surface area contributed by atoms with Crippen LogP contribution in [0, 0.1) is 17.1 Å². The second-order valence-electron chi connectivity index (χ2n) is 5.38. The fourth-order valence-corrected chi connectivity index (χ4v) is 2.86. The molecule has 2 aromatic carbocycles. The van der Waals surface area contributed by atoms with E-state index in [-0.39, 0.29) is 5.82 Å². The Morgan fingerprint density at radius 2 is 1.81 bits per heavy atom. The van der Waals surface area contributed by atoms with Crippen molar-refractivity contribution in [3.63, 3.8) is 0 Å². The highest BCUT2D eigenvalue weighted by molar-refractivity contribution is 7.98. The zero-order valence-electron chi connectivity index (χ0n) is 13.8. The number of nitrogens with one attached hydrogen (secondary N) is 1. The molecule has 26 heavy (non-hydrogen) atoms. The highest BCUT2D eigenvalue weighted by atomic mass is 35.5. The number of halogens is 2. The maximum Gasteiger partial charge on any atom is 0.189 e. The van der Waals surface area contributed by atoms with Crippen LogP contribution >= 0.6 is 23.4 Å². The van der Waals surface area contributed by atoms with E-state index in [1.807, 2.05) is 18.4 Å². The van der Waals surface area contributed by atoms with E-state index >= 15 is 0 Å². The molecule has 130 valence electrons. The minimum atomic E-state index is -0.289. The number of benzene rings is 2. The van der Waals surface area contributed by atoms with Gasteiger partial charge in [-0.15, -0.1) is 0 Å². The Kier molecular flexibility index (Phi) is 5.71. The van der Waals surface area contributed by atoms with Crippen LogP contribution in [0.4, 0.5) is 10.2 Å². The van der Waals surface area contributed by atoms with Gasteiger partial charge in [0.15, 0.2) is 5.16 Å². The molecule has 0 atom stereocenters. The van der Waals surface area contributed by atoms with Crippen molar-refractivity contribution in [1.29, 1.82) is 5.26 Å². The average Bonchev–Trinajstić information content (AvgIpc) is 2.67. The molecule has 0 aliphatic carbocycles. The summed E-state index contributed by atoms with van der Waals surface area (Å²) in [5, 5.41) is 14.0. The fraction of sp³-hybridized carbons (Fsp3) is 0.105. The van der Waals surface area contributed by atoms with Gasteiger partial charge in [-0.05, 0) is 36.1 Å². The molecule has 0 fully saturated rings. The van der Waals surface area contributed by atoms with Crippen molar-refractivity contribution >= 4 is 29.2 Å². The standard InChI is InChI=1S/C19H14ClFN4S/c1-26-19-24-17(13-4-6-14(20)7-5-13)16(10-22)18(25-19)23-11-12-2-8-15(21)9-3-12/h2-9H,11H2,1H3,(H,23,24,25). The Balaban J connectivity index is 1.98. The first-order valence-corrected chi connectivity index (χ1v) is 9.31. The lowest BCUT2D eigenvalue weighted by molar-refractivity contribution is 0.627. The quantitative estimate of drug-likeness (QED) is 0.487. The van der Waals surface area contributed by atoms with Crippen molar-refractivity contribution < 1.29 is 4.39 Å². The third-order valence-corrected chi connectivity index (χ3v) is 4.47. The maximum absolute atomic E-state index is 13.0. The van der Waals surface area contributed by atoms with Gasteiger partial charge < -0.3 is 5.32 Å². The minimum Gasteiger partial charge on any atom is -0.365 e. The Bertz CT molecular complexity index is 953. The lowest BCUT2D eigenvalue weighted by Crippen LogP contribution is -2.07. The second-order valence-corrected chi connectivity index (χ2v) is 6.59. The van der Waals surface area contributed by atoms with Gasteiger partial charge in [-0.2, -0.15) is 5.26 Å². The normalized spacial score (nSPS) is 10.4. The summed E-state index contributed by atoms with van der Waals surface area (Å²) in [4.78, 5) is 8.90. The molecule has 0 aliphatic rings. The van der Waals surface area contributed by atoms with Crippen molar-refractivity contribution in [2.45, 2.75) is 11.7 Å². The Morgan fingerprint density at radius 3 is 2.42 bits per heavy atom. The summed E-state index contributed by atoms with van der Waals surface area (Å²) in [5.74, 6) is 0.157. The van der Waals surface area contributed by atoms with Gasteiger partial charge in [0.05, 0.1) is 5.69 Å². The molecule has 7 heteroatoms. The molecule has 3 rings (SSSR count). The summed E-state index contributed by atoms with van der Waals surface area (Å²) in [7, 11) is 0. The molecule has 1 N–H and O–H groups in total. The first-order chi connectivity index (χ1) is 12.6. The predicted octanol–water partition coefficient (Wildman–Crippen LogP) is 5.14. The number of aromatic nitrogens is 2. The number of hydrogen-bond donors (Lipinski definition) is 1. The van der Waals surface area contributed by atoms with E-state index in [0.29, 0.717) is 33.8 Å². The molecule has 0 amide bonds. The van der Waals surface area contributed by atoms with Crippen LogP contribution in [0.25, 0.3) is 11.3 Å². The van der Waals surface area contributed by atoms with E-state index in [0.717, 1.165) is 11.1 Å². The fourth-order valence-electron chi connectivity index (χ4n) is 2.37. The van der Waals surface area contributed by atoms with Gasteiger partial charge in [0, 0.05) is 17.1 Å². The summed E-state index contributed by atoms with van der Waals surface area (Å²) < 4.78 is 13.0. The first kappa shape index (κ1) is 18.2. The molecular weight excluding hydrogens is 371 g/mol. The molecule has 0 unspecified atom stereocenters. The molecule has 1 aromatic heterocycles. The van der Waals surface area contributed by atoms with Crippen LogP contribution in [0.5, 0.6) is 0 Å². The number of nitrogens with zero attached hydrogens (tertiary/aromatic N) is 3. The van der Waals surface area contributed by atoms with Crippen LogP contribution in [0.15, 0.2) is 53.7 Å². The molecule has 0 bridgehead atoms. The zero-order valence-corrected chi connectivity index (χ0v) is 15.4. The number of nitriles is 1. The van der Waals surface area contributed by atoms with Crippen molar-refractivity contribution in [2.24, 2.45) is 0 Å². The van der Waals surface area contributed by atoms with Crippen molar-refractivity contribution in [2.75, 3.05) is 11.6 Å². The van der Waals surface area contributed by atoms with Gasteiger partial charge in [-0.25, -0.2) is 14.4 Å². The van der Waals surface area contributed by atoms with Gasteiger partial charge in [-0.3, -0.25) is 0 Å². The van der Waals surface area contributed by atoms with Gasteiger partial charge in [0.2, 0.25) is 0 Å². The molecule has 3 aromatic rings. The Morgan fingerprint density at radius 1 is 1.12 bits per heavy atom. The van der Waals surface area contributed by atoms with Gasteiger partial charge in [0.25, 0.3) is 0 Å². The minimum absolute atomic E-state index is 0.289. The SMILES string of the molecule is CSc1nc(NCc2ccc(F)cc2)c(C#N)c(-c2ccc(Cl)cc2)n1. The second kappa shape index (κ2) is 8.17. The third kappa shape index (κ3) is 4.13. The Labute approximate surface area is 160 Å². The third-order valence-electron chi connectivity index (χ3n) is 3.67. The number of anilines is 1. The van der Waals surface area contributed by atoms with Crippen LogP contribution in [0.1, 0.15) is 11.1 Å². The summed E-state index contributed by atoms with van der Waals surface area (Å²) >= 11 is 7.34. The van der Waals surface area contributed by atoms with E-state index in [4.69, 9.17) is 11.6 Å². The maximum atomic E-state index is 13.0. The first-order valence-electron chi connectivity index (χ1n) is 7.71. The molecule has 0 spiro atoms. The lowest BCUT2D eigenvalue weighted by atomic mass is 10.1. The summed E-state index contributed by atoms with van der Waals surface area (Å²) in [6.07, 6.45) is 1.87. The number of rotatable bonds is 5. The van der Waals surface area contributed by atoms with Gasteiger partial charge in [-0.1, -0.05) is 47.6 Å². The van der Waals surface area contributed by atoms with Crippen molar-refractivity contribution in [1.82, 2.24) is 9.97 Å². The Hall–Kier alpha value is -2.62. The van der Waals surface area contributed by atoms with Crippen LogP contribution < -0.4 is 5.32 Å². The van der Waals surface area contributed by atoms with Crippen molar-refractivity contribution in [3.05, 3.63) is 70.5 Å². The van der Waals surface area contributed by atoms with Crippen LogP contribution in [-0.2, 0) is 6.54 Å². The van der Waals surface area contributed by atoms with E-state index < -0.39 is 0 Å². The van der Waals surface area contributed by atoms with Crippen LogP contribution in [-0.4, -0.2) is 16.2 Å². The smallest absolute Gasteiger partial charge is 0.189 e. The van der Waals surface area contributed by atoms with E-state index in [9.17, 15) is 9.65 Å². The monoisotopic (exact) mass is 384 g/mol. The van der Waals surface area contributed by atoms with Gasteiger partial charge in [0.1, 0.15) is 23.3 Å². The number of hydrogen-bond acceptors (Lipinski definition) is 5. The molecule has 0 saturated heterocycles. The van der Waals surface area contributed by atoms with Crippen molar-refractivity contribution in [3.8, 4) is 17.3 Å². The van der Waals surface area contributed by atoms with Crippen LogP contribution in [0.3, 0.4) is 0 Å². The van der Waals surface area contributed by atoms with Gasteiger partial charge >= 0.3 is 0 Å². The molecule has 0 aliphatic heterocycles. The number of thioether (sulfide) groups is 1. The average molecular weight is 385 g/mol. The summed E-state index contributed by atoms with van der Waals surface area (Å²) in [5.41, 5.74) is 2.57. The van der Waals surface area contributed by atoms with E-state index in [1.165, 1.54) is 23.9 Å². The largest absolute Gasteiger partial charge is 0.365 e. The summed E-state index contributed by atoms with van der Waals surface area (Å²) in [6.45, 7) is 0.417. The molecule has 1 heterocycles. The zero-order chi connectivity index (χ0) is 18.5. The van der Waals surface area contributed by atoms with Crippen LogP contribution in [0.2, 0.25) is 5.02 Å². The highest BCUT2D eigenvalue weighted by Gasteiger charge is 2.16. The molecule has 0 radical (unpaired) electrons. The molecular formula is C19H14ClFN4S. The highest BCUT2D eigenvalue weighted by Crippen LogP contribution is 2.29. The topological polar surface area (TPSA) is 61.6 Å². The molecule has 4 nitrogen and oxygen atoms in total. The predicted molar refractivity (Wildman–Crippen MR) is 103 cm³/mol.